The third-order valence-corrected chi connectivity index (χ3v) is 50.4. The van der Waals surface area contributed by atoms with Crippen LogP contribution in [0.1, 0.15) is 64.2 Å². The highest BCUT2D eigenvalue weighted by Gasteiger charge is 2.76. The molecule has 12 aliphatic rings. The van der Waals surface area contributed by atoms with E-state index >= 15 is 0 Å². The van der Waals surface area contributed by atoms with Crippen molar-refractivity contribution in [1.29, 1.82) is 0 Å². The number of hydrogen-bond donors (Lipinski definition) is 0. The molecule has 12 fully saturated rings. The molecule has 6 bridgehead atoms. The summed E-state index contributed by atoms with van der Waals surface area (Å²) in [7, 11) is -31.2. The Labute approximate surface area is 498 Å². The zero-order valence-corrected chi connectivity index (χ0v) is 56.7. The van der Waals surface area contributed by atoms with Crippen molar-refractivity contribution in [2.45, 2.75) is 155 Å². The van der Waals surface area contributed by atoms with E-state index in [1.807, 2.05) is 0 Å². The Morgan fingerprint density at radius 3 is 0.711 bits per heavy atom. The molecular weight excluding hydrogens is 1230 g/mol. The molecule has 0 N–H and O–H groups in total. The fourth-order valence-corrected chi connectivity index (χ4v) is 55.6. The van der Waals surface area contributed by atoms with E-state index < -0.39 is 71.4 Å². The monoisotopic (exact) mass is 1320 g/mol. The van der Waals surface area contributed by atoms with Crippen LogP contribution in [0.2, 0.25) is 48.4 Å². The predicted molar refractivity (Wildman–Crippen MR) is 304 cm³/mol. The van der Waals surface area contributed by atoms with Gasteiger partial charge < -0.3 is 116 Å². The van der Waals surface area contributed by atoms with Crippen molar-refractivity contribution in [3.05, 3.63) is 0 Å². The van der Waals surface area contributed by atoms with Crippen LogP contribution in [0, 0.1) is 5.92 Å². The van der Waals surface area contributed by atoms with Gasteiger partial charge in [0.1, 0.15) is 42.7 Å². The van der Waals surface area contributed by atoms with E-state index in [4.69, 9.17) is 116 Å². The quantitative estimate of drug-likeness (QED) is 0.0482. The average Bonchev–Trinajstić information content (AvgIpc) is 3.65. The van der Waals surface area contributed by atoms with E-state index in [1.54, 1.807) is 0 Å². The molecule has 11 saturated heterocycles. The average molecular weight is 1320 g/mol. The molecule has 0 aromatic rings. The summed E-state index contributed by atoms with van der Waals surface area (Å²) in [4.78, 5) is 0. The highest BCUT2D eigenvalue weighted by molar-refractivity contribution is 6.99. The minimum Gasteiger partial charge on any atom is -0.397 e. The molecule has 11 heterocycles. The van der Waals surface area contributed by atoms with Crippen LogP contribution >= 0.6 is 0 Å². The summed E-state index contributed by atoms with van der Waals surface area (Å²) < 4.78 is 177. The molecule has 0 radical (unpaired) electrons. The van der Waals surface area contributed by atoms with E-state index in [0.717, 1.165) is 6.61 Å². The molecule has 0 aromatic heterocycles. The Kier molecular flexibility index (Phi) is 23.7. The third kappa shape index (κ3) is 21.9. The molecule has 26 nitrogen and oxygen atoms in total. The van der Waals surface area contributed by atoms with Crippen LogP contribution in [0.15, 0.2) is 0 Å². The molecule has 83 heavy (non-hydrogen) atoms. The Balaban J connectivity index is 0.943. The number of hydrogen-bond acceptors (Lipinski definition) is 26. The van der Waals surface area contributed by atoms with Gasteiger partial charge in [0.05, 0.1) is 92.5 Å². The highest BCUT2D eigenvalue weighted by Crippen LogP contribution is 2.50. The molecule has 11 atom stereocenters. The molecule has 0 spiro atoms. The highest BCUT2D eigenvalue weighted by atomic mass is 28.6. The number of epoxide rings is 7. The van der Waals surface area contributed by atoms with Crippen molar-refractivity contribution in [2.75, 3.05) is 152 Å². The molecule has 0 amide bonds. The normalized spacial score (nSPS) is 39.8. The van der Waals surface area contributed by atoms with Gasteiger partial charge in [-0.05, 0) is 82.2 Å². The van der Waals surface area contributed by atoms with Gasteiger partial charge in [0, 0.05) is 95.7 Å². The predicted octanol–water partition coefficient (Wildman–Crippen LogP) is 2.75. The summed E-state index contributed by atoms with van der Waals surface area (Å²) in [5, 5.41) is 0. The lowest BCUT2D eigenvalue weighted by Crippen LogP contribution is -2.83. The van der Waals surface area contributed by atoms with Crippen LogP contribution < -0.4 is 0 Å². The largest absolute Gasteiger partial charge is 0.478 e. The summed E-state index contributed by atoms with van der Waals surface area (Å²) in [6.45, 7) is 12.5. The Morgan fingerprint density at radius 1 is 0.265 bits per heavy atom. The van der Waals surface area contributed by atoms with Gasteiger partial charge in [0.15, 0.2) is 0 Å². The van der Waals surface area contributed by atoms with Crippen molar-refractivity contribution in [2.24, 2.45) is 5.92 Å². The Bertz CT molecular complexity index is 1720. The van der Waals surface area contributed by atoms with Crippen molar-refractivity contribution >= 4 is 71.4 Å². The minimum atomic E-state index is -4.27. The summed E-state index contributed by atoms with van der Waals surface area (Å²) in [5.41, 5.74) is 0. The lowest BCUT2D eigenvalue weighted by molar-refractivity contribution is 0.00671. The van der Waals surface area contributed by atoms with Crippen molar-refractivity contribution in [3.8, 4) is 0 Å². The third-order valence-electron chi connectivity index (χ3n) is 15.5. The second-order valence-corrected chi connectivity index (χ2v) is 47.3. The van der Waals surface area contributed by atoms with Crippen LogP contribution in [0.4, 0.5) is 0 Å². The Hall–Kier alpha value is 0.695. The van der Waals surface area contributed by atoms with Crippen LogP contribution in [-0.2, 0) is 116 Å². The van der Waals surface area contributed by atoms with Crippen LogP contribution in [-0.4, -0.2) is 266 Å². The maximum atomic E-state index is 8.06. The maximum Gasteiger partial charge on any atom is 0.478 e. The Morgan fingerprint density at radius 2 is 0.470 bits per heavy atom. The first-order chi connectivity index (χ1) is 40.7. The number of rotatable bonds is 48. The van der Waals surface area contributed by atoms with Gasteiger partial charge in [0.25, 0.3) is 0 Å². The van der Waals surface area contributed by atoms with E-state index in [2.05, 4.69) is 0 Å². The summed E-state index contributed by atoms with van der Waals surface area (Å²) >= 11 is 0. The maximum absolute atomic E-state index is 8.06. The zero-order valence-electron chi connectivity index (χ0n) is 48.4. The molecule has 1 aliphatic carbocycles. The number of ether oxygens (including phenoxy) is 15. The van der Waals surface area contributed by atoms with Crippen LogP contribution in [0.25, 0.3) is 0 Å². The van der Waals surface area contributed by atoms with Crippen LogP contribution in [0.3, 0.4) is 0 Å². The van der Waals surface area contributed by atoms with Crippen molar-refractivity contribution < 1.29 is 116 Å². The first-order valence-corrected chi connectivity index (χ1v) is 46.4. The molecule has 11 aliphatic heterocycles. The van der Waals surface area contributed by atoms with Gasteiger partial charge in [-0.3, -0.25) is 0 Å². The second kappa shape index (κ2) is 30.9. The number of fused-ring (bicyclic) bond motifs is 4. The van der Waals surface area contributed by atoms with Gasteiger partial charge in [-0.1, -0.05) is 0 Å². The SMILES string of the molecule is C(COCC1CC1)C[SiH]1O[Si]2(CCCOCC3CO3)O[Si]3(CCCOCC4CO4)O[SiH](CCCOCC4CO4)O[Si]4(CCCOCC5CO5)O[Si](CCCOCC5CO5)(O1)O[Si](CCCOCC1CO1)(O2)O[Si](CCCOCC1CO1)(O3)O4. The molecule has 11 unspecified atom stereocenters. The molecule has 1 saturated carbocycles. The summed E-state index contributed by atoms with van der Waals surface area (Å²) in [6.07, 6.45) is 7.50. The van der Waals surface area contributed by atoms with E-state index in [0.29, 0.717) is 251 Å². The van der Waals surface area contributed by atoms with Gasteiger partial charge in [-0.25, -0.2) is 0 Å². The molecule has 476 valence electrons. The van der Waals surface area contributed by atoms with Gasteiger partial charge in [-0.15, -0.1) is 0 Å². The summed E-state index contributed by atoms with van der Waals surface area (Å²) in [5.74, 6) is 0.619. The van der Waals surface area contributed by atoms with E-state index in [-0.39, 0.29) is 42.7 Å². The molecule has 34 heteroatoms. The molecule has 12 rings (SSSR count). The van der Waals surface area contributed by atoms with Gasteiger partial charge >= 0.3 is 71.4 Å². The second-order valence-electron chi connectivity index (χ2n) is 23.8. The topological polar surface area (TPSA) is 263 Å². The van der Waals surface area contributed by atoms with E-state index in [1.165, 1.54) is 12.8 Å². The zero-order chi connectivity index (χ0) is 56.1. The van der Waals surface area contributed by atoms with E-state index in [9.17, 15) is 0 Å². The van der Waals surface area contributed by atoms with Crippen molar-refractivity contribution in [1.82, 2.24) is 0 Å². The standard InChI is InChI=1S/C49H92O26Si8/c1(11-50-27-42-9-10-42)19-76-65-78(21-3-13-52-29-44-36-59-44)69-80(23-5-15-54-31-46-38-61-46)67-77(20-2-12-51-28-43-35-58-43)68-81(24-6-16-55-32-47-39-62-47)70-79(66-76,22-4-14-53-30-45-37-60-45)72-82(71-78,25-7-17-56-33-48-40-63-48)75-83(73-80,74-81)26-8-18-57-34-49-41-64-49/h42-49,76-77H,1-41H2. The summed E-state index contributed by atoms with van der Waals surface area (Å²) in [6, 6.07) is 3.02. The lowest BCUT2D eigenvalue weighted by Gasteiger charge is -2.59. The van der Waals surface area contributed by atoms with Gasteiger partial charge in [-0.2, -0.15) is 0 Å². The smallest absolute Gasteiger partial charge is 0.397 e. The molecular formula is C49H92O26Si8. The fraction of sp³-hybridized carbons (Fsp3) is 1.00. The van der Waals surface area contributed by atoms with Gasteiger partial charge in [0.2, 0.25) is 0 Å². The fourth-order valence-electron chi connectivity index (χ4n) is 10.3. The lowest BCUT2D eigenvalue weighted by atomic mass is 10.4. The molecule has 0 aromatic carbocycles. The van der Waals surface area contributed by atoms with Crippen LogP contribution in [0.5, 0.6) is 0 Å². The first-order valence-electron chi connectivity index (χ1n) is 31.3. The van der Waals surface area contributed by atoms with Crippen molar-refractivity contribution in [3.63, 3.8) is 0 Å². The first kappa shape index (κ1) is 63.8. The minimum absolute atomic E-state index is 0.0859.